The van der Waals surface area contributed by atoms with Crippen molar-refractivity contribution in [1.29, 1.82) is 0 Å². The van der Waals surface area contributed by atoms with Crippen LogP contribution in [0.15, 0.2) is 18.2 Å². The highest BCUT2D eigenvalue weighted by Crippen LogP contribution is 2.22. The quantitative estimate of drug-likeness (QED) is 0.842. The van der Waals surface area contributed by atoms with Gasteiger partial charge in [0.25, 0.3) is 0 Å². The lowest BCUT2D eigenvalue weighted by atomic mass is 10.1. The molecule has 0 aliphatic heterocycles. The highest BCUT2D eigenvalue weighted by Gasteiger charge is 2.05. The van der Waals surface area contributed by atoms with Crippen LogP contribution in [-0.2, 0) is 9.53 Å². The molecule has 0 unspecified atom stereocenters. The molecule has 0 atom stereocenters. The second-order valence-electron chi connectivity index (χ2n) is 3.88. The zero-order valence-corrected chi connectivity index (χ0v) is 10.2. The van der Waals surface area contributed by atoms with E-state index in [2.05, 4.69) is 5.32 Å². The van der Waals surface area contributed by atoms with Crippen molar-refractivity contribution in [1.82, 2.24) is 0 Å². The van der Waals surface area contributed by atoms with E-state index in [1.54, 1.807) is 0 Å². The smallest absolute Gasteiger partial charge is 0.250 e. The van der Waals surface area contributed by atoms with Gasteiger partial charge in [0.05, 0.1) is 0 Å². The average molecular weight is 222 g/mol. The van der Waals surface area contributed by atoms with Gasteiger partial charge in [-0.3, -0.25) is 4.79 Å². The van der Waals surface area contributed by atoms with Gasteiger partial charge in [-0.1, -0.05) is 6.07 Å². The number of rotatable bonds is 4. The molecule has 1 aromatic rings. The van der Waals surface area contributed by atoms with E-state index in [1.807, 2.05) is 44.1 Å². The van der Waals surface area contributed by atoms with E-state index < -0.39 is 0 Å². The van der Waals surface area contributed by atoms with Gasteiger partial charge in [-0.2, -0.15) is 0 Å². The summed E-state index contributed by atoms with van der Waals surface area (Å²) in [6.45, 7) is 2.11. The van der Waals surface area contributed by atoms with Crippen LogP contribution in [0.2, 0.25) is 0 Å². The van der Waals surface area contributed by atoms with Crippen LogP contribution in [0.5, 0.6) is 0 Å². The molecule has 0 spiro atoms. The minimum atomic E-state index is -0.143. The molecule has 0 saturated heterocycles. The molecule has 1 rings (SSSR count). The molecule has 88 valence electrons. The summed E-state index contributed by atoms with van der Waals surface area (Å²) in [6.07, 6.45) is 0. The fraction of sp³-hybridized carbons (Fsp3) is 0.417. The Morgan fingerprint density at radius 1 is 1.44 bits per heavy atom. The van der Waals surface area contributed by atoms with Crippen LogP contribution in [0.3, 0.4) is 0 Å². The van der Waals surface area contributed by atoms with Crippen molar-refractivity contribution in [2.24, 2.45) is 0 Å². The molecule has 0 aliphatic rings. The molecular formula is C12H18N2O2. The zero-order chi connectivity index (χ0) is 12.1. The van der Waals surface area contributed by atoms with Crippen LogP contribution in [0.1, 0.15) is 5.56 Å². The second kappa shape index (κ2) is 5.51. The molecular weight excluding hydrogens is 204 g/mol. The summed E-state index contributed by atoms with van der Waals surface area (Å²) in [6, 6.07) is 5.82. The summed E-state index contributed by atoms with van der Waals surface area (Å²) >= 11 is 0. The standard InChI is InChI=1S/C12H18N2O2/c1-9-5-6-10(7-11(9)14(2)3)13-12(15)8-16-4/h5-7H,8H2,1-4H3,(H,13,15). The van der Waals surface area contributed by atoms with Crippen molar-refractivity contribution in [3.05, 3.63) is 23.8 Å². The lowest BCUT2D eigenvalue weighted by Crippen LogP contribution is -2.18. The van der Waals surface area contributed by atoms with Gasteiger partial charge in [-0.15, -0.1) is 0 Å². The van der Waals surface area contributed by atoms with Gasteiger partial charge in [0.15, 0.2) is 0 Å². The summed E-state index contributed by atoms with van der Waals surface area (Å²) < 4.78 is 4.75. The molecule has 0 aromatic heterocycles. The molecule has 4 nitrogen and oxygen atoms in total. The molecule has 1 N–H and O–H groups in total. The van der Waals surface area contributed by atoms with Crippen LogP contribution in [0, 0.1) is 6.92 Å². The fourth-order valence-electron chi connectivity index (χ4n) is 1.50. The predicted octanol–water partition coefficient (Wildman–Crippen LogP) is 1.65. The van der Waals surface area contributed by atoms with Gasteiger partial charge in [-0.25, -0.2) is 0 Å². The maximum Gasteiger partial charge on any atom is 0.250 e. The number of nitrogens with one attached hydrogen (secondary N) is 1. The highest BCUT2D eigenvalue weighted by molar-refractivity contribution is 5.92. The number of carbonyl (C=O) groups excluding carboxylic acids is 1. The Kier molecular flexibility index (Phi) is 4.31. The van der Waals surface area contributed by atoms with Crippen molar-refractivity contribution in [2.45, 2.75) is 6.92 Å². The Hall–Kier alpha value is -1.55. The average Bonchev–Trinajstić information content (AvgIpc) is 2.21. The van der Waals surface area contributed by atoms with Crippen molar-refractivity contribution < 1.29 is 9.53 Å². The summed E-state index contributed by atoms with van der Waals surface area (Å²) in [7, 11) is 5.45. The maximum absolute atomic E-state index is 11.3. The van der Waals surface area contributed by atoms with Crippen LogP contribution in [0.4, 0.5) is 11.4 Å². The number of nitrogens with zero attached hydrogens (tertiary/aromatic N) is 1. The van der Waals surface area contributed by atoms with Crippen LogP contribution >= 0.6 is 0 Å². The number of hydrogen-bond acceptors (Lipinski definition) is 3. The Morgan fingerprint density at radius 2 is 2.12 bits per heavy atom. The third kappa shape index (κ3) is 3.24. The van der Waals surface area contributed by atoms with Crippen molar-refractivity contribution >= 4 is 17.3 Å². The summed E-state index contributed by atoms with van der Waals surface area (Å²) in [4.78, 5) is 13.3. The van der Waals surface area contributed by atoms with Crippen molar-refractivity contribution in [3.63, 3.8) is 0 Å². The van der Waals surface area contributed by atoms with E-state index >= 15 is 0 Å². The molecule has 0 heterocycles. The molecule has 0 aliphatic carbocycles. The molecule has 0 radical (unpaired) electrons. The van der Waals surface area contributed by atoms with Gasteiger partial charge in [-0.05, 0) is 24.6 Å². The third-order valence-electron chi connectivity index (χ3n) is 2.25. The molecule has 0 saturated carbocycles. The van der Waals surface area contributed by atoms with Gasteiger partial charge < -0.3 is 15.0 Å². The molecule has 16 heavy (non-hydrogen) atoms. The molecule has 1 aromatic carbocycles. The minimum absolute atomic E-state index is 0.0746. The van der Waals surface area contributed by atoms with Gasteiger partial charge in [0.2, 0.25) is 5.91 Å². The number of ether oxygens (including phenoxy) is 1. The topological polar surface area (TPSA) is 41.6 Å². The van der Waals surface area contributed by atoms with E-state index in [0.29, 0.717) is 0 Å². The molecule has 4 heteroatoms. The Bertz CT molecular complexity index is 375. The SMILES string of the molecule is COCC(=O)Nc1ccc(C)c(N(C)C)c1. The Morgan fingerprint density at radius 3 is 2.69 bits per heavy atom. The van der Waals surface area contributed by atoms with Gasteiger partial charge >= 0.3 is 0 Å². The molecule has 0 fully saturated rings. The number of aryl methyl sites for hydroxylation is 1. The number of carbonyl (C=O) groups is 1. The number of methoxy groups -OCH3 is 1. The summed E-state index contributed by atoms with van der Waals surface area (Å²) in [5, 5.41) is 2.77. The summed E-state index contributed by atoms with van der Waals surface area (Å²) in [5.74, 6) is -0.143. The number of anilines is 2. The molecule has 1 amide bonds. The van der Waals surface area contributed by atoms with Crippen molar-refractivity contribution in [3.8, 4) is 0 Å². The van der Waals surface area contributed by atoms with E-state index in [-0.39, 0.29) is 12.5 Å². The van der Waals surface area contributed by atoms with E-state index in [0.717, 1.165) is 11.4 Å². The fourth-order valence-corrected chi connectivity index (χ4v) is 1.50. The predicted molar refractivity (Wildman–Crippen MR) is 66.0 cm³/mol. The van der Waals surface area contributed by atoms with Gasteiger partial charge in [0.1, 0.15) is 6.61 Å². The first-order chi connectivity index (χ1) is 7.54. The van der Waals surface area contributed by atoms with Crippen LogP contribution in [0.25, 0.3) is 0 Å². The van der Waals surface area contributed by atoms with Crippen LogP contribution < -0.4 is 10.2 Å². The first kappa shape index (κ1) is 12.5. The van der Waals surface area contributed by atoms with Crippen molar-refractivity contribution in [2.75, 3.05) is 38.0 Å². The van der Waals surface area contributed by atoms with E-state index in [1.165, 1.54) is 12.7 Å². The van der Waals surface area contributed by atoms with Crippen LogP contribution in [-0.4, -0.2) is 33.7 Å². The Balaban J connectivity index is 2.82. The largest absolute Gasteiger partial charge is 0.377 e. The number of hydrogen-bond donors (Lipinski definition) is 1. The minimum Gasteiger partial charge on any atom is -0.377 e. The highest BCUT2D eigenvalue weighted by atomic mass is 16.5. The first-order valence-corrected chi connectivity index (χ1v) is 5.11. The zero-order valence-electron chi connectivity index (χ0n) is 10.2. The monoisotopic (exact) mass is 222 g/mol. The lowest BCUT2D eigenvalue weighted by molar-refractivity contribution is -0.119. The third-order valence-corrected chi connectivity index (χ3v) is 2.25. The number of benzene rings is 1. The first-order valence-electron chi connectivity index (χ1n) is 5.11. The van der Waals surface area contributed by atoms with Gasteiger partial charge in [0, 0.05) is 32.6 Å². The Labute approximate surface area is 96.2 Å². The van der Waals surface area contributed by atoms with E-state index in [9.17, 15) is 4.79 Å². The molecule has 0 bridgehead atoms. The normalized spacial score (nSPS) is 10.0. The maximum atomic E-state index is 11.3. The lowest BCUT2D eigenvalue weighted by Gasteiger charge is -2.17. The number of amides is 1. The van der Waals surface area contributed by atoms with E-state index in [4.69, 9.17) is 4.74 Å². The summed E-state index contributed by atoms with van der Waals surface area (Å²) in [5.41, 5.74) is 3.06. The second-order valence-corrected chi connectivity index (χ2v) is 3.88.